The first-order valence-electron chi connectivity index (χ1n) is 6.45. The van der Waals surface area contributed by atoms with Crippen LogP contribution in [0.15, 0.2) is 54.6 Å². The molecular formula is C17H16O3. The van der Waals surface area contributed by atoms with E-state index in [9.17, 15) is 9.59 Å². The molecule has 3 nitrogen and oxygen atoms in total. The molecule has 0 aliphatic heterocycles. The quantitative estimate of drug-likeness (QED) is 0.630. The van der Waals surface area contributed by atoms with Gasteiger partial charge in [0.25, 0.3) is 0 Å². The molecule has 20 heavy (non-hydrogen) atoms. The Morgan fingerprint density at radius 1 is 0.900 bits per heavy atom. The minimum atomic E-state index is -0.800. The highest BCUT2D eigenvalue weighted by molar-refractivity contribution is 6.01. The van der Waals surface area contributed by atoms with Crippen molar-refractivity contribution in [3.8, 4) is 0 Å². The minimum Gasteiger partial charge on any atom is -0.451 e. The molecule has 0 saturated carbocycles. The van der Waals surface area contributed by atoms with Crippen LogP contribution in [-0.2, 0) is 4.74 Å². The topological polar surface area (TPSA) is 43.4 Å². The van der Waals surface area contributed by atoms with Gasteiger partial charge in [-0.25, -0.2) is 4.79 Å². The van der Waals surface area contributed by atoms with Crippen molar-refractivity contribution in [2.24, 2.45) is 0 Å². The van der Waals surface area contributed by atoms with Gasteiger partial charge in [0.15, 0.2) is 6.10 Å². The highest BCUT2D eigenvalue weighted by atomic mass is 16.5. The molecule has 0 fully saturated rings. The van der Waals surface area contributed by atoms with Gasteiger partial charge in [-0.2, -0.15) is 0 Å². The number of ether oxygens (including phenoxy) is 1. The molecule has 0 aliphatic rings. The third-order valence-electron chi connectivity index (χ3n) is 3.00. The van der Waals surface area contributed by atoms with Gasteiger partial charge in [0.1, 0.15) is 0 Å². The maximum Gasteiger partial charge on any atom is 0.338 e. The number of ketones is 1. The lowest BCUT2D eigenvalue weighted by Gasteiger charge is -2.12. The Labute approximate surface area is 118 Å². The Kier molecular flexibility index (Phi) is 4.31. The second kappa shape index (κ2) is 6.15. The monoisotopic (exact) mass is 268 g/mol. The van der Waals surface area contributed by atoms with Gasteiger partial charge in [0.05, 0.1) is 5.56 Å². The van der Waals surface area contributed by atoms with Gasteiger partial charge in [0, 0.05) is 5.56 Å². The van der Waals surface area contributed by atoms with Crippen LogP contribution >= 0.6 is 0 Å². The minimum absolute atomic E-state index is 0.203. The molecule has 0 saturated heterocycles. The van der Waals surface area contributed by atoms with Crippen molar-refractivity contribution in [1.82, 2.24) is 0 Å². The fourth-order valence-corrected chi connectivity index (χ4v) is 1.81. The number of Topliss-reactive ketones (excluding diaryl/α,β-unsaturated/α-hetero) is 1. The number of aryl methyl sites for hydroxylation is 1. The van der Waals surface area contributed by atoms with Crippen LogP contribution in [0.1, 0.15) is 33.2 Å². The Morgan fingerprint density at radius 3 is 2.10 bits per heavy atom. The van der Waals surface area contributed by atoms with Gasteiger partial charge < -0.3 is 4.74 Å². The maximum absolute atomic E-state index is 12.1. The van der Waals surface area contributed by atoms with Crippen molar-refractivity contribution >= 4 is 11.8 Å². The maximum atomic E-state index is 12.1. The number of esters is 1. The van der Waals surface area contributed by atoms with E-state index in [4.69, 9.17) is 4.74 Å². The Bertz CT molecular complexity index is 600. The van der Waals surface area contributed by atoms with Crippen LogP contribution in [0.4, 0.5) is 0 Å². The van der Waals surface area contributed by atoms with E-state index in [1.54, 1.807) is 43.3 Å². The molecule has 0 heterocycles. The largest absolute Gasteiger partial charge is 0.451 e. The second-order valence-electron chi connectivity index (χ2n) is 4.64. The summed E-state index contributed by atoms with van der Waals surface area (Å²) in [7, 11) is 0. The lowest BCUT2D eigenvalue weighted by molar-refractivity contribution is 0.0319. The van der Waals surface area contributed by atoms with Gasteiger partial charge in [-0.15, -0.1) is 0 Å². The summed E-state index contributed by atoms with van der Waals surface area (Å²) in [6, 6.07) is 15.9. The zero-order valence-electron chi connectivity index (χ0n) is 11.5. The van der Waals surface area contributed by atoms with Crippen LogP contribution in [-0.4, -0.2) is 17.9 Å². The summed E-state index contributed by atoms with van der Waals surface area (Å²) in [6.07, 6.45) is -0.800. The Balaban J connectivity index is 2.04. The molecule has 0 N–H and O–H groups in total. The zero-order valence-corrected chi connectivity index (χ0v) is 11.5. The fourth-order valence-electron chi connectivity index (χ4n) is 1.81. The van der Waals surface area contributed by atoms with Crippen molar-refractivity contribution in [3.63, 3.8) is 0 Å². The van der Waals surface area contributed by atoms with E-state index in [0.717, 1.165) is 5.56 Å². The second-order valence-corrected chi connectivity index (χ2v) is 4.64. The molecular weight excluding hydrogens is 252 g/mol. The van der Waals surface area contributed by atoms with E-state index in [0.29, 0.717) is 11.1 Å². The summed E-state index contributed by atoms with van der Waals surface area (Å²) in [4.78, 5) is 24.0. The van der Waals surface area contributed by atoms with E-state index < -0.39 is 12.1 Å². The molecule has 3 heteroatoms. The molecule has 0 unspecified atom stereocenters. The number of benzene rings is 2. The fraction of sp³-hybridized carbons (Fsp3) is 0.176. The molecule has 1 atom stereocenters. The van der Waals surface area contributed by atoms with E-state index in [1.807, 2.05) is 25.1 Å². The number of carbonyl (C=O) groups excluding carboxylic acids is 2. The van der Waals surface area contributed by atoms with E-state index in [1.165, 1.54) is 0 Å². The molecule has 0 spiro atoms. The van der Waals surface area contributed by atoms with Gasteiger partial charge in [-0.1, -0.05) is 48.0 Å². The van der Waals surface area contributed by atoms with Crippen molar-refractivity contribution in [2.45, 2.75) is 20.0 Å². The van der Waals surface area contributed by atoms with Gasteiger partial charge in [-0.3, -0.25) is 4.79 Å². The smallest absolute Gasteiger partial charge is 0.338 e. The molecule has 2 rings (SSSR count). The summed E-state index contributed by atoms with van der Waals surface area (Å²) in [5.74, 6) is -0.687. The lowest BCUT2D eigenvalue weighted by atomic mass is 10.1. The molecule has 0 amide bonds. The molecule has 2 aromatic carbocycles. The average molecular weight is 268 g/mol. The highest BCUT2D eigenvalue weighted by Crippen LogP contribution is 2.10. The summed E-state index contributed by atoms with van der Waals surface area (Å²) >= 11 is 0. The summed E-state index contributed by atoms with van der Waals surface area (Å²) < 4.78 is 5.20. The summed E-state index contributed by atoms with van der Waals surface area (Å²) in [6.45, 7) is 3.53. The first-order valence-corrected chi connectivity index (χ1v) is 6.45. The van der Waals surface area contributed by atoms with Crippen LogP contribution in [0.2, 0.25) is 0 Å². The van der Waals surface area contributed by atoms with Crippen molar-refractivity contribution in [2.75, 3.05) is 0 Å². The van der Waals surface area contributed by atoms with Crippen molar-refractivity contribution < 1.29 is 14.3 Å². The first kappa shape index (κ1) is 14.0. The number of hydrogen-bond acceptors (Lipinski definition) is 3. The molecule has 0 aromatic heterocycles. The van der Waals surface area contributed by atoms with E-state index in [2.05, 4.69) is 0 Å². The third kappa shape index (κ3) is 3.32. The van der Waals surface area contributed by atoms with Crippen LogP contribution in [0, 0.1) is 6.92 Å². The SMILES string of the molecule is Cc1ccc(C(=O)O[C@@H](C)C(=O)c2ccccc2)cc1. The number of rotatable bonds is 4. The Hall–Kier alpha value is -2.42. The zero-order chi connectivity index (χ0) is 14.5. The van der Waals surface area contributed by atoms with Gasteiger partial charge >= 0.3 is 5.97 Å². The lowest BCUT2D eigenvalue weighted by Crippen LogP contribution is -2.24. The van der Waals surface area contributed by atoms with Crippen molar-refractivity contribution in [1.29, 1.82) is 0 Å². The van der Waals surface area contributed by atoms with Crippen LogP contribution in [0.5, 0.6) is 0 Å². The predicted molar refractivity (Wildman–Crippen MR) is 76.8 cm³/mol. The van der Waals surface area contributed by atoms with E-state index in [-0.39, 0.29) is 5.78 Å². The van der Waals surface area contributed by atoms with Crippen LogP contribution in [0.3, 0.4) is 0 Å². The van der Waals surface area contributed by atoms with Gasteiger partial charge in [-0.05, 0) is 26.0 Å². The van der Waals surface area contributed by atoms with Gasteiger partial charge in [0.2, 0.25) is 5.78 Å². The van der Waals surface area contributed by atoms with Crippen molar-refractivity contribution in [3.05, 3.63) is 71.3 Å². The molecule has 0 bridgehead atoms. The molecule has 2 aromatic rings. The highest BCUT2D eigenvalue weighted by Gasteiger charge is 2.19. The first-order chi connectivity index (χ1) is 9.58. The Morgan fingerprint density at radius 2 is 1.50 bits per heavy atom. The molecule has 102 valence electrons. The summed E-state index contributed by atoms with van der Waals surface area (Å²) in [5, 5.41) is 0. The average Bonchev–Trinajstić information content (AvgIpc) is 2.48. The number of carbonyl (C=O) groups is 2. The van der Waals surface area contributed by atoms with Crippen LogP contribution in [0.25, 0.3) is 0 Å². The standard InChI is InChI=1S/C17H16O3/c1-12-8-10-15(11-9-12)17(19)20-13(2)16(18)14-6-4-3-5-7-14/h3-11,13H,1-2H3/t13-/m0/s1. The van der Waals surface area contributed by atoms with E-state index >= 15 is 0 Å². The normalized spacial score (nSPS) is 11.7. The predicted octanol–water partition coefficient (Wildman–Crippen LogP) is 3.42. The molecule has 0 radical (unpaired) electrons. The summed E-state index contributed by atoms with van der Waals surface area (Å²) in [5.41, 5.74) is 2.05. The van der Waals surface area contributed by atoms with Crippen LogP contribution < -0.4 is 0 Å². The third-order valence-corrected chi connectivity index (χ3v) is 3.00. The number of hydrogen-bond donors (Lipinski definition) is 0. The molecule has 0 aliphatic carbocycles.